The average molecular weight is 441 g/mol. The highest BCUT2D eigenvalue weighted by molar-refractivity contribution is 8.20. The van der Waals surface area contributed by atoms with Crippen molar-refractivity contribution in [3.05, 3.63) is 34.9 Å². The van der Waals surface area contributed by atoms with Crippen LogP contribution in [0.4, 0.5) is 6.01 Å². The van der Waals surface area contributed by atoms with Gasteiger partial charge in [0.15, 0.2) is 0 Å². The van der Waals surface area contributed by atoms with Crippen LogP contribution in [0, 0.1) is 6.92 Å². The number of benzene rings is 1. The van der Waals surface area contributed by atoms with Crippen molar-refractivity contribution in [1.29, 1.82) is 0 Å². The molecular weight excluding hydrogens is 412 g/mol. The van der Waals surface area contributed by atoms with E-state index in [9.17, 15) is 0 Å². The zero-order valence-corrected chi connectivity index (χ0v) is 19.6. The van der Waals surface area contributed by atoms with Crippen LogP contribution in [0.2, 0.25) is 0 Å². The van der Waals surface area contributed by atoms with Crippen molar-refractivity contribution in [2.24, 2.45) is 0 Å². The van der Waals surface area contributed by atoms with Gasteiger partial charge in [0.1, 0.15) is 5.69 Å². The van der Waals surface area contributed by atoms with Gasteiger partial charge in [-0.3, -0.25) is 0 Å². The van der Waals surface area contributed by atoms with Gasteiger partial charge in [-0.1, -0.05) is 31.9 Å². The fourth-order valence-corrected chi connectivity index (χ4v) is 6.60. The molecule has 158 valence electrons. The lowest BCUT2D eigenvalue weighted by molar-refractivity contribution is 0.579. The third-order valence-corrected chi connectivity index (χ3v) is 8.79. The van der Waals surface area contributed by atoms with E-state index in [4.69, 9.17) is 9.40 Å². The fourth-order valence-electron chi connectivity index (χ4n) is 3.94. The van der Waals surface area contributed by atoms with Gasteiger partial charge in [-0.25, -0.2) is 4.98 Å². The van der Waals surface area contributed by atoms with Gasteiger partial charge in [0, 0.05) is 23.4 Å². The summed E-state index contributed by atoms with van der Waals surface area (Å²) in [6, 6.07) is 7.25. The molecule has 0 bridgehead atoms. The molecule has 1 aliphatic carbocycles. The van der Waals surface area contributed by atoms with Crippen molar-refractivity contribution in [1.82, 2.24) is 15.2 Å². The van der Waals surface area contributed by atoms with Crippen LogP contribution in [0.5, 0.6) is 0 Å². The fraction of sp³-hybridized carbons (Fsp3) is 0.522. The number of thioether (sulfide) groups is 2. The van der Waals surface area contributed by atoms with Gasteiger partial charge in [-0.05, 0) is 59.9 Å². The molecule has 0 unspecified atom stereocenters. The van der Waals surface area contributed by atoms with Crippen LogP contribution in [0.25, 0.3) is 22.5 Å². The summed E-state index contributed by atoms with van der Waals surface area (Å²) < 4.78 is 6.47. The molecule has 0 spiro atoms. The summed E-state index contributed by atoms with van der Waals surface area (Å²) in [5.41, 5.74) is 5.76. The van der Waals surface area contributed by atoms with Gasteiger partial charge in [0.2, 0.25) is 0 Å². The van der Waals surface area contributed by atoms with E-state index in [0.717, 1.165) is 23.7 Å². The molecule has 1 saturated heterocycles. The molecular formula is C23H28N4OS2. The lowest BCUT2D eigenvalue weighted by Crippen LogP contribution is -2.13. The first-order valence-electron chi connectivity index (χ1n) is 10.7. The maximum Gasteiger partial charge on any atom is 0.315 e. The maximum atomic E-state index is 5.92. The predicted molar refractivity (Wildman–Crippen MR) is 128 cm³/mol. The highest BCUT2D eigenvalue weighted by Gasteiger charge is 2.28. The van der Waals surface area contributed by atoms with E-state index < -0.39 is 0 Å². The third-order valence-electron chi connectivity index (χ3n) is 5.75. The number of fused-ring (bicyclic) bond motifs is 1. The SMILES string of the molecule is Cc1cc(-c2nnc(NCC3SCCS3)o2)nc2c(C(C)(C)C)cc(C3CC3)cc12. The van der Waals surface area contributed by atoms with E-state index in [1.165, 1.54) is 46.4 Å². The van der Waals surface area contributed by atoms with Gasteiger partial charge in [0.05, 0.1) is 10.1 Å². The Balaban J connectivity index is 1.50. The highest BCUT2D eigenvalue weighted by atomic mass is 32.2. The number of aryl methyl sites for hydroxylation is 1. The molecule has 0 radical (unpaired) electrons. The molecule has 30 heavy (non-hydrogen) atoms. The first kappa shape index (κ1) is 20.2. The summed E-state index contributed by atoms with van der Waals surface area (Å²) in [4.78, 5) is 5.01. The normalized spacial score (nSPS) is 17.7. The molecule has 1 aliphatic heterocycles. The summed E-state index contributed by atoms with van der Waals surface area (Å²) in [7, 11) is 0. The first-order valence-corrected chi connectivity index (χ1v) is 12.7. The summed E-state index contributed by atoms with van der Waals surface area (Å²) in [5, 5.41) is 13.0. The van der Waals surface area contributed by atoms with Crippen LogP contribution in [-0.2, 0) is 5.41 Å². The van der Waals surface area contributed by atoms with Crippen molar-refractivity contribution in [3.8, 4) is 11.6 Å². The average Bonchev–Trinajstić information content (AvgIpc) is 3.22. The van der Waals surface area contributed by atoms with Crippen LogP contribution in [-0.4, -0.2) is 37.8 Å². The number of hydrogen-bond acceptors (Lipinski definition) is 7. The minimum atomic E-state index is 0.0133. The lowest BCUT2D eigenvalue weighted by Gasteiger charge is -2.23. The van der Waals surface area contributed by atoms with Crippen molar-refractivity contribution < 1.29 is 4.42 Å². The number of anilines is 1. The Labute approximate surface area is 186 Å². The molecule has 2 fully saturated rings. The lowest BCUT2D eigenvalue weighted by atomic mass is 9.83. The molecule has 2 aromatic heterocycles. The number of nitrogens with zero attached hydrogens (tertiary/aromatic N) is 3. The highest BCUT2D eigenvalue weighted by Crippen LogP contribution is 2.44. The second-order valence-corrected chi connectivity index (χ2v) is 12.2. The molecule has 2 aliphatic rings. The molecule has 1 N–H and O–H groups in total. The number of pyridine rings is 1. The summed E-state index contributed by atoms with van der Waals surface area (Å²) >= 11 is 3.96. The Kier molecular flexibility index (Phi) is 5.22. The number of rotatable bonds is 5. The Morgan fingerprint density at radius 2 is 1.87 bits per heavy atom. The van der Waals surface area contributed by atoms with Crippen molar-refractivity contribution in [2.75, 3.05) is 23.4 Å². The monoisotopic (exact) mass is 440 g/mol. The Morgan fingerprint density at radius 3 is 2.57 bits per heavy atom. The molecule has 7 heteroatoms. The van der Waals surface area contributed by atoms with E-state index in [0.29, 0.717) is 16.5 Å². The maximum absolute atomic E-state index is 5.92. The summed E-state index contributed by atoms with van der Waals surface area (Å²) in [6.45, 7) is 9.77. The van der Waals surface area contributed by atoms with Crippen LogP contribution in [0.15, 0.2) is 22.6 Å². The number of nitrogens with one attached hydrogen (secondary N) is 1. The summed E-state index contributed by atoms with van der Waals surface area (Å²) in [5.74, 6) is 3.62. The molecule has 0 amide bonds. The minimum absolute atomic E-state index is 0.0133. The quantitative estimate of drug-likeness (QED) is 0.523. The van der Waals surface area contributed by atoms with E-state index in [2.05, 4.69) is 61.4 Å². The predicted octanol–water partition coefficient (Wildman–Crippen LogP) is 5.99. The molecule has 1 saturated carbocycles. The van der Waals surface area contributed by atoms with Crippen molar-refractivity contribution >= 4 is 40.4 Å². The third kappa shape index (κ3) is 4.06. The van der Waals surface area contributed by atoms with Crippen molar-refractivity contribution in [3.63, 3.8) is 0 Å². The van der Waals surface area contributed by atoms with Gasteiger partial charge in [-0.2, -0.15) is 0 Å². The topological polar surface area (TPSA) is 63.8 Å². The first-order chi connectivity index (χ1) is 14.4. The Morgan fingerprint density at radius 1 is 1.10 bits per heavy atom. The molecule has 0 atom stereocenters. The van der Waals surface area contributed by atoms with E-state index >= 15 is 0 Å². The van der Waals surface area contributed by atoms with Crippen LogP contribution in [0.1, 0.15) is 56.2 Å². The van der Waals surface area contributed by atoms with Crippen LogP contribution in [0.3, 0.4) is 0 Å². The second kappa shape index (κ2) is 7.75. The molecule has 5 rings (SSSR count). The van der Waals surface area contributed by atoms with Gasteiger partial charge in [0.25, 0.3) is 5.89 Å². The number of aromatic nitrogens is 3. The molecule has 1 aromatic carbocycles. The molecule has 3 heterocycles. The summed E-state index contributed by atoms with van der Waals surface area (Å²) in [6.07, 6.45) is 2.60. The largest absolute Gasteiger partial charge is 0.402 e. The number of hydrogen-bond donors (Lipinski definition) is 1. The zero-order valence-electron chi connectivity index (χ0n) is 18.0. The second-order valence-electron chi connectivity index (χ2n) is 9.28. The van der Waals surface area contributed by atoms with Gasteiger partial charge < -0.3 is 9.73 Å². The smallest absolute Gasteiger partial charge is 0.315 e. The Bertz CT molecular complexity index is 1080. The standard InChI is InChI=1S/C23H28N4OS2/c1-13-9-18(21-26-27-22(28-21)24-12-19-29-7-8-30-19)25-20-16(13)10-15(14-5-6-14)11-17(20)23(2,3)4/h9-11,14,19H,5-8,12H2,1-4H3,(H,24,27). The Hall–Kier alpha value is -1.73. The molecule has 5 nitrogen and oxygen atoms in total. The van der Waals surface area contributed by atoms with Crippen molar-refractivity contribution in [2.45, 2.75) is 56.5 Å². The minimum Gasteiger partial charge on any atom is -0.402 e. The van der Waals surface area contributed by atoms with E-state index in [1.54, 1.807) is 0 Å². The van der Waals surface area contributed by atoms with Gasteiger partial charge in [-0.15, -0.1) is 28.6 Å². The van der Waals surface area contributed by atoms with E-state index in [1.807, 2.05) is 23.5 Å². The zero-order chi connectivity index (χ0) is 20.9. The van der Waals surface area contributed by atoms with Crippen LogP contribution >= 0.6 is 23.5 Å². The van der Waals surface area contributed by atoms with Crippen LogP contribution < -0.4 is 5.32 Å². The van der Waals surface area contributed by atoms with E-state index in [-0.39, 0.29) is 5.41 Å². The molecule has 3 aromatic rings. The van der Waals surface area contributed by atoms with Gasteiger partial charge >= 0.3 is 6.01 Å².